The van der Waals surface area contributed by atoms with Crippen LogP contribution in [0.5, 0.6) is 0 Å². The summed E-state index contributed by atoms with van der Waals surface area (Å²) in [6, 6.07) is 13.7. The van der Waals surface area contributed by atoms with Crippen LogP contribution in [0.2, 0.25) is 0 Å². The Hall–Kier alpha value is -2.96. The zero-order chi connectivity index (χ0) is 18.7. The second kappa shape index (κ2) is 7.51. The van der Waals surface area contributed by atoms with Crippen LogP contribution in [-0.2, 0) is 11.8 Å². The maximum Gasteiger partial charge on any atom is 0.262 e. The van der Waals surface area contributed by atoms with E-state index in [4.69, 9.17) is 5.26 Å². The van der Waals surface area contributed by atoms with Crippen molar-refractivity contribution in [3.8, 4) is 12.1 Å². The number of carbonyl (C=O) groups is 1. The third kappa shape index (κ3) is 3.37. The molecule has 1 aromatic heterocycles. The minimum Gasteiger partial charge on any atom is -0.345 e. The molecule has 0 spiro atoms. The fourth-order valence-electron chi connectivity index (χ4n) is 3.01. The summed E-state index contributed by atoms with van der Waals surface area (Å²) >= 11 is 1.78. The van der Waals surface area contributed by atoms with Crippen molar-refractivity contribution in [2.45, 2.75) is 24.3 Å². The van der Waals surface area contributed by atoms with Crippen LogP contribution in [0.4, 0.5) is 0 Å². The summed E-state index contributed by atoms with van der Waals surface area (Å²) in [5, 5.41) is 21.6. The first-order valence-corrected chi connectivity index (χ1v) is 9.24. The first-order valence-electron chi connectivity index (χ1n) is 8.26. The maximum absolute atomic E-state index is 12.6. The van der Waals surface area contributed by atoms with Crippen LogP contribution in [0, 0.1) is 29.6 Å². The van der Waals surface area contributed by atoms with Crippen LogP contribution in [0.15, 0.2) is 40.8 Å². The molecule has 5 nitrogen and oxygen atoms in total. The number of thioether (sulfide) groups is 1. The monoisotopic (exact) mass is 362 g/mol. The lowest BCUT2D eigenvalue weighted by Gasteiger charge is -2.25. The molecule has 1 atom stereocenters. The van der Waals surface area contributed by atoms with Gasteiger partial charge >= 0.3 is 0 Å². The minimum absolute atomic E-state index is 0.0406. The Balaban J connectivity index is 1.85. The zero-order valence-electron chi connectivity index (χ0n) is 14.6. The zero-order valence-corrected chi connectivity index (χ0v) is 15.4. The molecule has 0 radical (unpaired) electrons. The molecule has 0 bridgehead atoms. The van der Waals surface area contributed by atoms with E-state index in [-0.39, 0.29) is 17.5 Å². The highest BCUT2D eigenvalue weighted by atomic mass is 32.2. The molecule has 0 aliphatic carbocycles. The highest BCUT2D eigenvalue weighted by Crippen LogP contribution is 2.35. The first kappa shape index (κ1) is 17.8. The molecule has 1 aliphatic rings. The average molecular weight is 362 g/mol. The number of aromatic nitrogens is 1. The van der Waals surface area contributed by atoms with Crippen molar-refractivity contribution in [3.05, 3.63) is 58.4 Å². The number of rotatable bonds is 3. The van der Waals surface area contributed by atoms with Crippen LogP contribution in [0.25, 0.3) is 6.08 Å². The largest absolute Gasteiger partial charge is 0.345 e. The highest BCUT2D eigenvalue weighted by molar-refractivity contribution is 7.99. The Morgan fingerprint density at radius 2 is 2.15 bits per heavy atom. The summed E-state index contributed by atoms with van der Waals surface area (Å²) < 4.78 is 1.74. The number of fused-ring (bicyclic) bond motifs is 1. The van der Waals surface area contributed by atoms with E-state index in [2.05, 4.69) is 17.5 Å². The normalized spacial score (nSPS) is 16.3. The molecule has 1 N–H and O–H groups in total. The summed E-state index contributed by atoms with van der Waals surface area (Å²) in [5.41, 5.74) is 3.16. The van der Waals surface area contributed by atoms with Gasteiger partial charge in [-0.3, -0.25) is 4.79 Å². The van der Waals surface area contributed by atoms with Gasteiger partial charge in [-0.1, -0.05) is 18.2 Å². The van der Waals surface area contributed by atoms with Crippen LogP contribution in [-0.4, -0.2) is 16.2 Å². The SMILES string of the molecule is Cc1c(C=C(C#N)C(=O)NC2CCSc3ccccc32)cc(C#N)n1C. The van der Waals surface area contributed by atoms with E-state index in [1.165, 1.54) is 4.90 Å². The Labute approximate surface area is 156 Å². The number of amides is 1. The molecule has 0 saturated heterocycles. The van der Waals surface area contributed by atoms with E-state index in [1.54, 1.807) is 35.5 Å². The highest BCUT2D eigenvalue weighted by Gasteiger charge is 2.23. The molecule has 6 heteroatoms. The smallest absolute Gasteiger partial charge is 0.262 e. The van der Waals surface area contributed by atoms with Crippen LogP contribution < -0.4 is 5.32 Å². The molecule has 3 rings (SSSR count). The molecule has 1 amide bonds. The molecule has 130 valence electrons. The van der Waals surface area contributed by atoms with Gasteiger partial charge in [-0.15, -0.1) is 11.8 Å². The average Bonchev–Trinajstić information content (AvgIpc) is 2.94. The van der Waals surface area contributed by atoms with Crippen molar-refractivity contribution in [2.75, 3.05) is 5.75 Å². The van der Waals surface area contributed by atoms with Gasteiger partial charge in [0.05, 0.1) is 6.04 Å². The Morgan fingerprint density at radius 1 is 1.38 bits per heavy atom. The molecule has 1 unspecified atom stereocenters. The van der Waals surface area contributed by atoms with Crippen LogP contribution in [0.3, 0.4) is 0 Å². The molecule has 0 fully saturated rings. The topological polar surface area (TPSA) is 81.6 Å². The number of nitriles is 2. The summed E-state index contributed by atoms with van der Waals surface area (Å²) in [5.74, 6) is 0.539. The van der Waals surface area contributed by atoms with Gasteiger partial charge in [0.25, 0.3) is 5.91 Å². The Kier molecular flexibility index (Phi) is 5.16. The van der Waals surface area contributed by atoms with E-state index in [0.717, 1.165) is 23.4 Å². The summed E-state index contributed by atoms with van der Waals surface area (Å²) in [6.45, 7) is 1.86. The van der Waals surface area contributed by atoms with E-state index in [1.807, 2.05) is 31.2 Å². The second-order valence-electron chi connectivity index (χ2n) is 6.11. The standard InChI is InChI=1S/C20H18N4OS/c1-13-14(10-16(12-22)24(13)2)9-15(11-21)20(25)23-18-7-8-26-19-6-4-3-5-17(18)19/h3-6,9-10,18H,7-8H2,1-2H3,(H,23,25). The van der Waals surface area contributed by atoms with E-state index in [0.29, 0.717) is 11.3 Å². The fourth-order valence-corrected chi connectivity index (χ4v) is 4.13. The van der Waals surface area contributed by atoms with Gasteiger partial charge in [0, 0.05) is 23.4 Å². The number of hydrogen-bond donors (Lipinski definition) is 1. The third-order valence-electron chi connectivity index (χ3n) is 4.62. The molecule has 1 aliphatic heterocycles. The quantitative estimate of drug-likeness (QED) is 0.669. The molecule has 0 saturated carbocycles. The molecule has 1 aromatic carbocycles. The van der Waals surface area contributed by atoms with Crippen molar-refractivity contribution < 1.29 is 4.79 Å². The lowest BCUT2D eigenvalue weighted by Crippen LogP contribution is -2.31. The summed E-state index contributed by atoms with van der Waals surface area (Å²) in [4.78, 5) is 13.8. The van der Waals surface area contributed by atoms with Crippen LogP contribution >= 0.6 is 11.8 Å². The fraction of sp³-hybridized carbons (Fsp3) is 0.250. The van der Waals surface area contributed by atoms with Crippen molar-refractivity contribution in [1.29, 1.82) is 10.5 Å². The molecule has 2 aromatic rings. The predicted octanol–water partition coefficient (Wildman–Crippen LogP) is 3.47. The minimum atomic E-state index is -0.388. The second-order valence-corrected chi connectivity index (χ2v) is 7.25. The van der Waals surface area contributed by atoms with Crippen molar-refractivity contribution in [3.63, 3.8) is 0 Å². The number of nitrogens with zero attached hydrogens (tertiary/aromatic N) is 3. The van der Waals surface area contributed by atoms with Gasteiger partial charge in [0.2, 0.25) is 0 Å². The number of nitrogens with one attached hydrogen (secondary N) is 1. The number of carbonyl (C=O) groups excluding carboxylic acids is 1. The van der Waals surface area contributed by atoms with Gasteiger partial charge < -0.3 is 9.88 Å². The molecular formula is C20H18N4OS. The van der Waals surface area contributed by atoms with Gasteiger partial charge in [0.15, 0.2) is 0 Å². The molecule has 2 heterocycles. The van der Waals surface area contributed by atoms with Crippen LogP contribution in [0.1, 0.15) is 35.0 Å². The third-order valence-corrected chi connectivity index (χ3v) is 5.74. The lowest BCUT2D eigenvalue weighted by molar-refractivity contribution is -0.117. The number of benzene rings is 1. The predicted molar refractivity (Wildman–Crippen MR) is 101 cm³/mol. The van der Waals surface area contributed by atoms with Crippen molar-refractivity contribution >= 4 is 23.7 Å². The van der Waals surface area contributed by atoms with E-state index >= 15 is 0 Å². The Bertz CT molecular complexity index is 975. The maximum atomic E-state index is 12.6. The summed E-state index contributed by atoms with van der Waals surface area (Å²) in [7, 11) is 1.79. The van der Waals surface area contributed by atoms with E-state index in [9.17, 15) is 10.1 Å². The van der Waals surface area contributed by atoms with Gasteiger partial charge in [-0.05, 0) is 42.7 Å². The van der Waals surface area contributed by atoms with Crippen molar-refractivity contribution in [1.82, 2.24) is 9.88 Å². The van der Waals surface area contributed by atoms with Crippen molar-refractivity contribution in [2.24, 2.45) is 7.05 Å². The number of hydrogen-bond acceptors (Lipinski definition) is 4. The Morgan fingerprint density at radius 3 is 2.85 bits per heavy atom. The van der Waals surface area contributed by atoms with Gasteiger partial charge in [-0.2, -0.15) is 10.5 Å². The molecular weight excluding hydrogens is 344 g/mol. The molecule has 26 heavy (non-hydrogen) atoms. The van der Waals surface area contributed by atoms with Gasteiger partial charge in [0.1, 0.15) is 23.4 Å². The summed E-state index contributed by atoms with van der Waals surface area (Å²) in [6.07, 6.45) is 2.38. The first-order chi connectivity index (χ1) is 12.5. The van der Waals surface area contributed by atoms with E-state index < -0.39 is 0 Å². The lowest BCUT2D eigenvalue weighted by atomic mass is 10.0. The van der Waals surface area contributed by atoms with Gasteiger partial charge in [-0.25, -0.2) is 0 Å².